The highest BCUT2D eigenvalue weighted by Crippen LogP contribution is 2.29. The summed E-state index contributed by atoms with van der Waals surface area (Å²) < 4.78 is 18.4. The minimum atomic E-state index is -0.585. The summed E-state index contributed by atoms with van der Waals surface area (Å²) in [5.41, 5.74) is 0.158. The minimum absolute atomic E-state index is 0.117. The van der Waals surface area contributed by atoms with Crippen LogP contribution in [0.5, 0.6) is 11.6 Å². The van der Waals surface area contributed by atoms with Crippen molar-refractivity contribution in [2.75, 3.05) is 0 Å². The molecule has 18 heavy (non-hydrogen) atoms. The van der Waals surface area contributed by atoms with Crippen LogP contribution in [0, 0.1) is 22.9 Å². The van der Waals surface area contributed by atoms with Crippen LogP contribution >= 0.6 is 0 Å². The SMILES string of the molecule is Cc1cc(Oc2ncccc2[N+](=O)[O-])ccc1F. The molecule has 92 valence electrons. The second kappa shape index (κ2) is 4.79. The van der Waals surface area contributed by atoms with Gasteiger partial charge in [-0.05, 0) is 36.8 Å². The molecular formula is C12H9FN2O3. The number of hydrogen-bond acceptors (Lipinski definition) is 4. The number of aryl methyl sites for hydroxylation is 1. The number of pyridine rings is 1. The van der Waals surface area contributed by atoms with E-state index in [1.165, 1.54) is 36.5 Å². The predicted octanol–water partition coefficient (Wildman–Crippen LogP) is 3.23. The van der Waals surface area contributed by atoms with E-state index in [9.17, 15) is 14.5 Å². The van der Waals surface area contributed by atoms with Gasteiger partial charge in [0.1, 0.15) is 11.6 Å². The van der Waals surface area contributed by atoms with E-state index in [1.807, 2.05) is 0 Å². The molecule has 2 rings (SSSR count). The molecule has 1 aromatic carbocycles. The van der Waals surface area contributed by atoms with Gasteiger partial charge in [-0.25, -0.2) is 9.37 Å². The smallest absolute Gasteiger partial charge is 0.331 e. The molecule has 0 spiro atoms. The Morgan fingerprint density at radius 2 is 2.17 bits per heavy atom. The van der Waals surface area contributed by atoms with Crippen LogP contribution in [0.25, 0.3) is 0 Å². The average Bonchev–Trinajstić information content (AvgIpc) is 2.34. The van der Waals surface area contributed by atoms with Gasteiger partial charge in [-0.2, -0.15) is 0 Å². The third-order valence-corrected chi connectivity index (χ3v) is 2.29. The fourth-order valence-electron chi connectivity index (χ4n) is 1.39. The molecule has 0 fully saturated rings. The van der Waals surface area contributed by atoms with Gasteiger partial charge < -0.3 is 4.74 Å². The molecule has 5 nitrogen and oxygen atoms in total. The maximum absolute atomic E-state index is 13.1. The molecule has 0 radical (unpaired) electrons. The van der Waals surface area contributed by atoms with Gasteiger partial charge in [-0.15, -0.1) is 0 Å². The summed E-state index contributed by atoms with van der Waals surface area (Å²) in [6, 6.07) is 6.81. The van der Waals surface area contributed by atoms with E-state index in [2.05, 4.69) is 4.98 Å². The number of halogens is 1. The van der Waals surface area contributed by atoms with Gasteiger partial charge in [0.25, 0.3) is 5.88 Å². The summed E-state index contributed by atoms with van der Waals surface area (Å²) in [5, 5.41) is 10.8. The summed E-state index contributed by atoms with van der Waals surface area (Å²) in [5.74, 6) is -0.179. The molecule has 0 atom stereocenters. The molecule has 0 saturated carbocycles. The van der Waals surface area contributed by atoms with E-state index in [4.69, 9.17) is 4.74 Å². The fraction of sp³-hybridized carbons (Fsp3) is 0.0833. The van der Waals surface area contributed by atoms with Crippen molar-refractivity contribution in [3.05, 3.63) is 58.0 Å². The van der Waals surface area contributed by atoms with Crippen molar-refractivity contribution in [2.45, 2.75) is 6.92 Å². The maximum atomic E-state index is 13.1. The molecule has 2 aromatic rings. The number of ether oxygens (including phenoxy) is 1. The molecule has 0 amide bonds. The molecular weight excluding hydrogens is 239 g/mol. The zero-order valence-corrected chi connectivity index (χ0v) is 9.46. The predicted molar refractivity (Wildman–Crippen MR) is 62.1 cm³/mol. The molecule has 0 N–H and O–H groups in total. The van der Waals surface area contributed by atoms with Gasteiger partial charge in [0.05, 0.1) is 4.92 Å². The normalized spacial score (nSPS) is 10.1. The fourth-order valence-corrected chi connectivity index (χ4v) is 1.39. The molecule has 1 aromatic heterocycles. The lowest BCUT2D eigenvalue weighted by atomic mass is 10.2. The van der Waals surface area contributed by atoms with Crippen molar-refractivity contribution in [1.29, 1.82) is 0 Å². The van der Waals surface area contributed by atoms with Gasteiger partial charge in [-0.3, -0.25) is 10.1 Å². The van der Waals surface area contributed by atoms with Crippen molar-refractivity contribution in [2.24, 2.45) is 0 Å². The average molecular weight is 248 g/mol. The third-order valence-electron chi connectivity index (χ3n) is 2.29. The highest BCUT2D eigenvalue weighted by Gasteiger charge is 2.16. The van der Waals surface area contributed by atoms with Crippen LogP contribution in [0.2, 0.25) is 0 Å². The lowest BCUT2D eigenvalue weighted by Gasteiger charge is -2.05. The highest BCUT2D eigenvalue weighted by atomic mass is 19.1. The standard InChI is InChI=1S/C12H9FN2O3/c1-8-7-9(4-5-10(8)13)18-12-11(15(16)17)3-2-6-14-12/h2-7H,1H3. The van der Waals surface area contributed by atoms with Crippen LogP contribution in [-0.4, -0.2) is 9.91 Å². The number of nitro groups is 1. The highest BCUT2D eigenvalue weighted by molar-refractivity contribution is 5.43. The molecule has 0 aliphatic heterocycles. The Labute approximate surface area is 102 Å². The van der Waals surface area contributed by atoms with Crippen LogP contribution in [0.1, 0.15) is 5.56 Å². The quantitative estimate of drug-likeness (QED) is 0.617. The Balaban J connectivity index is 2.34. The van der Waals surface area contributed by atoms with Gasteiger partial charge in [0, 0.05) is 12.3 Å². The van der Waals surface area contributed by atoms with Crippen LogP contribution < -0.4 is 4.74 Å². The summed E-state index contributed by atoms with van der Waals surface area (Å²) in [4.78, 5) is 14.0. The lowest BCUT2D eigenvalue weighted by molar-refractivity contribution is -0.386. The maximum Gasteiger partial charge on any atom is 0.331 e. The van der Waals surface area contributed by atoms with E-state index in [0.29, 0.717) is 11.3 Å². The number of rotatable bonds is 3. The first-order valence-electron chi connectivity index (χ1n) is 5.11. The van der Waals surface area contributed by atoms with Crippen LogP contribution in [0.3, 0.4) is 0 Å². The minimum Gasteiger partial charge on any atom is -0.434 e. The lowest BCUT2D eigenvalue weighted by Crippen LogP contribution is -1.95. The molecule has 1 heterocycles. The van der Waals surface area contributed by atoms with E-state index >= 15 is 0 Å². The second-order valence-corrected chi connectivity index (χ2v) is 3.60. The first kappa shape index (κ1) is 12.0. The van der Waals surface area contributed by atoms with E-state index in [-0.39, 0.29) is 17.4 Å². The zero-order chi connectivity index (χ0) is 13.1. The van der Waals surface area contributed by atoms with Crippen molar-refractivity contribution >= 4 is 5.69 Å². The number of nitrogens with zero attached hydrogens (tertiary/aromatic N) is 2. The first-order chi connectivity index (χ1) is 8.58. The largest absolute Gasteiger partial charge is 0.434 e. The topological polar surface area (TPSA) is 65.3 Å². The van der Waals surface area contributed by atoms with E-state index in [0.717, 1.165) is 0 Å². The van der Waals surface area contributed by atoms with Crippen molar-refractivity contribution in [3.8, 4) is 11.6 Å². The number of benzene rings is 1. The second-order valence-electron chi connectivity index (χ2n) is 3.60. The van der Waals surface area contributed by atoms with Gasteiger partial charge >= 0.3 is 5.69 Å². The summed E-state index contributed by atoms with van der Waals surface area (Å²) in [7, 11) is 0. The molecule has 0 saturated heterocycles. The first-order valence-corrected chi connectivity index (χ1v) is 5.11. The Kier molecular flexibility index (Phi) is 3.18. The van der Waals surface area contributed by atoms with Crippen LogP contribution in [0.4, 0.5) is 10.1 Å². The van der Waals surface area contributed by atoms with E-state index < -0.39 is 4.92 Å². The summed E-state index contributed by atoms with van der Waals surface area (Å²) in [6.07, 6.45) is 1.39. The Morgan fingerprint density at radius 3 is 2.83 bits per heavy atom. The van der Waals surface area contributed by atoms with Crippen molar-refractivity contribution < 1.29 is 14.1 Å². The van der Waals surface area contributed by atoms with Gasteiger partial charge in [-0.1, -0.05) is 0 Å². The van der Waals surface area contributed by atoms with Crippen LogP contribution in [0.15, 0.2) is 36.5 Å². The van der Waals surface area contributed by atoms with Crippen LogP contribution in [-0.2, 0) is 0 Å². The van der Waals surface area contributed by atoms with Gasteiger partial charge in [0.15, 0.2) is 0 Å². The number of hydrogen-bond donors (Lipinski definition) is 0. The molecule has 0 aliphatic rings. The van der Waals surface area contributed by atoms with Crippen molar-refractivity contribution in [1.82, 2.24) is 4.98 Å². The Hall–Kier alpha value is -2.50. The Bertz CT molecular complexity index is 602. The zero-order valence-electron chi connectivity index (χ0n) is 9.46. The number of aromatic nitrogens is 1. The molecule has 0 unspecified atom stereocenters. The molecule has 0 aliphatic carbocycles. The van der Waals surface area contributed by atoms with Crippen molar-refractivity contribution in [3.63, 3.8) is 0 Å². The summed E-state index contributed by atoms with van der Waals surface area (Å²) >= 11 is 0. The third kappa shape index (κ3) is 2.42. The van der Waals surface area contributed by atoms with Gasteiger partial charge in [0.2, 0.25) is 0 Å². The van der Waals surface area contributed by atoms with E-state index in [1.54, 1.807) is 6.92 Å². The Morgan fingerprint density at radius 1 is 1.39 bits per heavy atom. The monoisotopic (exact) mass is 248 g/mol. The summed E-state index contributed by atoms with van der Waals surface area (Å²) in [6.45, 7) is 1.58. The molecule has 0 bridgehead atoms. The molecule has 6 heteroatoms.